The maximum absolute atomic E-state index is 13.5. The molecular formula is C28H24FN5O2. The molecule has 3 heterocycles. The Morgan fingerprint density at radius 3 is 2.56 bits per heavy atom. The molecule has 5 aromatic rings. The van der Waals surface area contributed by atoms with E-state index in [0.717, 1.165) is 28.4 Å². The number of aromatic nitrogens is 3. The summed E-state index contributed by atoms with van der Waals surface area (Å²) in [4.78, 5) is 31.2. The number of H-pyrrole nitrogens is 1. The standard InChI is InChI=1S/C28H24FN5O2/c1-2-33-16-28(17-33,21-9-11-22(29)12-10-21)31-26(35)23-14-25-27(36)30-24(15-34(25)32-23)20-8-7-18-5-3-4-6-19(18)13-20/h3-15H,2,16-17H2,1H3,(H,30,36)(H,31,35). The minimum Gasteiger partial charge on any atom is -0.339 e. The molecule has 3 aromatic carbocycles. The van der Waals surface area contributed by atoms with Crippen molar-refractivity contribution in [1.82, 2.24) is 24.8 Å². The Morgan fingerprint density at radius 1 is 1.06 bits per heavy atom. The summed E-state index contributed by atoms with van der Waals surface area (Å²) in [5.74, 6) is -0.709. The summed E-state index contributed by atoms with van der Waals surface area (Å²) in [7, 11) is 0. The van der Waals surface area contributed by atoms with Crippen LogP contribution in [-0.4, -0.2) is 45.0 Å². The quantitative estimate of drug-likeness (QED) is 0.398. The Labute approximate surface area is 206 Å². The molecule has 0 spiro atoms. The smallest absolute Gasteiger partial charge is 0.274 e. The second-order valence-corrected chi connectivity index (χ2v) is 9.26. The molecule has 0 aliphatic carbocycles. The molecule has 1 fully saturated rings. The van der Waals surface area contributed by atoms with Crippen LogP contribution in [0.4, 0.5) is 4.39 Å². The normalized spacial score (nSPS) is 15.2. The third-order valence-corrected chi connectivity index (χ3v) is 6.94. The molecule has 8 heteroatoms. The Balaban J connectivity index is 1.33. The second-order valence-electron chi connectivity index (χ2n) is 9.26. The summed E-state index contributed by atoms with van der Waals surface area (Å²) < 4.78 is 15.0. The first-order chi connectivity index (χ1) is 17.4. The maximum atomic E-state index is 13.5. The Kier molecular flexibility index (Phi) is 5.19. The van der Waals surface area contributed by atoms with E-state index < -0.39 is 5.54 Å². The number of likely N-dealkylation sites (N-methyl/N-ethyl adjacent to an activating group) is 1. The number of carbonyl (C=O) groups excluding carboxylic acids is 1. The summed E-state index contributed by atoms with van der Waals surface area (Å²) >= 11 is 0. The number of fused-ring (bicyclic) bond motifs is 2. The topological polar surface area (TPSA) is 82.5 Å². The van der Waals surface area contributed by atoms with Crippen molar-refractivity contribution in [1.29, 1.82) is 0 Å². The van der Waals surface area contributed by atoms with Crippen LogP contribution < -0.4 is 10.9 Å². The number of halogens is 1. The average molecular weight is 482 g/mol. The summed E-state index contributed by atoms with van der Waals surface area (Å²) in [6.07, 6.45) is 1.72. The number of benzene rings is 3. The van der Waals surface area contributed by atoms with Crippen LogP contribution in [-0.2, 0) is 5.54 Å². The molecule has 0 radical (unpaired) electrons. The fraction of sp³-hybridized carbons (Fsp3) is 0.179. The van der Waals surface area contributed by atoms with Gasteiger partial charge in [0.2, 0.25) is 0 Å². The van der Waals surface area contributed by atoms with Gasteiger partial charge in [-0.15, -0.1) is 0 Å². The van der Waals surface area contributed by atoms with Crippen LogP contribution in [0.3, 0.4) is 0 Å². The SMILES string of the molecule is CCN1CC(NC(=O)c2cc3c(=O)[nH]c(-c4ccc5ccccc5c4)cn3n2)(c2ccc(F)cc2)C1. The first kappa shape index (κ1) is 22.2. The van der Waals surface area contributed by atoms with Crippen molar-refractivity contribution in [2.75, 3.05) is 19.6 Å². The first-order valence-corrected chi connectivity index (χ1v) is 11.9. The number of nitrogens with one attached hydrogen (secondary N) is 2. The lowest BCUT2D eigenvalue weighted by atomic mass is 9.82. The Hall–Kier alpha value is -4.30. The van der Waals surface area contributed by atoms with Crippen molar-refractivity contribution >= 4 is 22.2 Å². The molecule has 1 amide bonds. The lowest BCUT2D eigenvalue weighted by Crippen LogP contribution is -2.67. The highest BCUT2D eigenvalue weighted by molar-refractivity contribution is 5.94. The predicted octanol–water partition coefficient (Wildman–Crippen LogP) is 3.94. The summed E-state index contributed by atoms with van der Waals surface area (Å²) in [6.45, 7) is 4.12. The molecule has 6 rings (SSSR count). The number of amides is 1. The predicted molar refractivity (Wildman–Crippen MR) is 136 cm³/mol. The third-order valence-electron chi connectivity index (χ3n) is 6.94. The number of nitrogens with zero attached hydrogens (tertiary/aromatic N) is 3. The molecule has 7 nitrogen and oxygen atoms in total. The molecule has 0 saturated carbocycles. The van der Waals surface area contributed by atoms with E-state index >= 15 is 0 Å². The lowest BCUT2D eigenvalue weighted by Gasteiger charge is -2.50. The van der Waals surface area contributed by atoms with Crippen LogP contribution in [0.15, 0.2) is 83.8 Å². The number of aromatic amines is 1. The molecule has 1 saturated heterocycles. The van der Waals surface area contributed by atoms with Gasteiger partial charge >= 0.3 is 0 Å². The lowest BCUT2D eigenvalue weighted by molar-refractivity contribution is 0.0378. The number of hydrogen-bond donors (Lipinski definition) is 2. The second kappa shape index (κ2) is 8.42. The number of carbonyl (C=O) groups is 1. The average Bonchev–Trinajstić information content (AvgIpc) is 3.31. The molecule has 0 bridgehead atoms. The van der Waals surface area contributed by atoms with Gasteiger partial charge in [-0.05, 0) is 41.1 Å². The molecule has 0 unspecified atom stereocenters. The van der Waals surface area contributed by atoms with Gasteiger partial charge in [-0.1, -0.05) is 55.5 Å². The van der Waals surface area contributed by atoms with Crippen molar-refractivity contribution in [3.05, 3.63) is 106 Å². The minimum absolute atomic E-state index is 0.146. The van der Waals surface area contributed by atoms with E-state index in [1.165, 1.54) is 22.7 Å². The van der Waals surface area contributed by atoms with E-state index in [4.69, 9.17) is 0 Å². The number of likely N-dealkylation sites (tertiary alicyclic amines) is 1. The molecular weight excluding hydrogens is 457 g/mol. The summed E-state index contributed by atoms with van der Waals surface area (Å²) in [6, 6.07) is 21.6. The third kappa shape index (κ3) is 3.76. The van der Waals surface area contributed by atoms with Gasteiger partial charge in [0.25, 0.3) is 11.5 Å². The van der Waals surface area contributed by atoms with Crippen LogP contribution in [0.1, 0.15) is 23.0 Å². The van der Waals surface area contributed by atoms with Crippen molar-refractivity contribution in [2.24, 2.45) is 0 Å². The van der Waals surface area contributed by atoms with Crippen LogP contribution in [0, 0.1) is 5.82 Å². The molecule has 2 N–H and O–H groups in total. The van der Waals surface area contributed by atoms with Gasteiger partial charge in [0.15, 0.2) is 5.69 Å². The Bertz CT molecular complexity index is 1670. The van der Waals surface area contributed by atoms with Crippen LogP contribution in [0.5, 0.6) is 0 Å². The molecule has 180 valence electrons. The highest BCUT2D eigenvalue weighted by Gasteiger charge is 2.45. The fourth-order valence-electron chi connectivity index (χ4n) is 4.94. The zero-order valence-electron chi connectivity index (χ0n) is 19.7. The zero-order chi connectivity index (χ0) is 24.9. The maximum Gasteiger partial charge on any atom is 0.274 e. The van der Waals surface area contributed by atoms with E-state index in [1.54, 1.807) is 18.3 Å². The zero-order valence-corrected chi connectivity index (χ0v) is 19.7. The first-order valence-electron chi connectivity index (χ1n) is 11.9. The molecule has 1 aliphatic heterocycles. The number of hydrogen-bond acceptors (Lipinski definition) is 4. The van der Waals surface area contributed by atoms with Crippen molar-refractivity contribution in [3.8, 4) is 11.3 Å². The van der Waals surface area contributed by atoms with Gasteiger partial charge in [-0.3, -0.25) is 14.5 Å². The van der Waals surface area contributed by atoms with Crippen LogP contribution in [0.2, 0.25) is 0 Å². The fourth-order valence-corrected chi connectivity index (χ4v) is 4.94. The van der Waals surface area contributed by atoms with E-state index in [-0.39, 0.29) is 28.5 Å². The van der Waals surface area contributed by atoms with Gasteiger partial charge in [-0.2, -0.15) is 5.10 Å². The molecule has 1 aliphatic rings. The van der Waals surface area contributed by atoms with Gasteiger partial charge < -0.3 is 10.3 Å². The van der Waals surface area contributed by atoms with Crippen molar-refractivity contribution < 1.29 is 9.18 Å². The van der Waals surface area contributed by atoms with E-state index in [0.29, 0.717) is 18.8 Å². The van der Waals surface area contributed by atoms with Gasteiger partial charge in [0, 0.05) is 24.7 Å². The van der Waals surface area contributed by atoms with Gasteiger partial charge in [-0.25, -0.2) is 8.91 Å². The monoisotopic (exact) mass is 481 g/mol. The van der Waals surface area contributed by atoms with Crippen molar-refractivity contribution in [2.45, 2.75) is 12.5 Å². The molecule has 0 atom stereocenters. The van der Waals surface area contributed by atoms with E-state index in [9.17, 15) is 14.0 Å². The molecule has 36 heavy (non-hydrogen) atoms. The summed E-state index contributed by atoms with van der Waals surface area (Å²) in [5.41, 5.74) is 1.74. The van der Waals surface area contributed by atoms with Crippen LogP contribution in [0.25, 0.3) is 27.5 Å². The Morgan fingerprint density at radius 2 is 1.81 bits per heavy atom. The minimum atomic E-state index is -0.640. The largest absolute Gasteiger partial charge is 0.339 e. The van der Waals surface area contributed by atoms with Crippen LogP contribution >= 0.6 is 0 Å². The highest BCUT2D eigenvalue weighted by atomic mass is 19.1. The number of rotatable bonds is 5. The van der Waals surface area contributed by atoms with Crippen molar-refractivity contribution in [3.63, 3.8) is 0 Å². The van der Waals surface area contributed by atoms with Gasteiger partial charge in [0.05, 0.1) is 17.4 Å². The summed E-state index contributed by atoms with van der Waals surface area (Å²) in [5, 5.41) is 9.69. The highest BCUT2D eigenvalue weighted by Crippen LogP contribution is 2.32. The van der Waals surface area contributed by atoms with E-state index in [2.05, 4.69) is 27.2 Å². The van der Waals surface area contributed by atoms with Gasteiger partial charge in [0.1, 0.15) is 11.3 Å². The molecule has 2 aromatic heterocycles. The van der Waals surface area contributed by atoms with E-state index in [1.807, 2.05) is 42.5 Å².